The van der Waals surface area contributed by atoms with Crippen LogP contribution < -0.4 is 0 Å². The minimum Gasteiger partial charge on any atom is -0.391 e. The summed E-state index contributed by atoms with van der Waals surface area (Å²) in [6.45, 7) is 6.60. The minimum atomic E-state index is -0.412. The fourth-order valence-electron chi connectivity index (χ4n) is 0.716. The van der Waals surface area contributed by atoms with E-state index < -0.39 is 6.10 Å². The number of ether oxygens (including phenoxy) is 2. The third-order valence-corrected chi connectivity index (χ3v) is 1.21. The van der Waals surface area contributed by atoms with Gasteiger partial charge in [-0.25, -0.2) is 0 Å². The largest absolute Gasteiger partial charge is 0.391 e. The predicted octanol–water partition coefficient (Wildman–Crippen LogP) is 1.16. The van der Waals surface area contributed by atoms with E-state index in [1.54, 1.807) is 6.92 Å². The molecule has 1 N–H and O–H groups in total. The quantitative estimate of drug-likeness (QED) is 0.595. The molecule has 0 aromatic rings. The van der Waals surface area contributed by atoms with Gasteiger partial charge in [-0.05, 0) is 20.3 Å². The maximum Gasteiger partial charge on any atom is 0.157 e. The summed E-state index contributed by atoms with van der Waals surface area (Å²) in [6.07, 6.45) is 0.250. The second-order valence-electron chi connectivity index (χ2n) is 2.48. The highest BCUT2D eigenvalue weighted by Crippen LogP contribution is 2.00. The molecule has 0 aliphatic carbocycles. The fraction of sp³-hybridized carbons (Fsp3) is 1.00. The molecule has 2 unspecified atom stereocenters. The van der Waals surface area contributed by atoms with Crippen molar-refractivity contribution in [1.82, 2.24) is 0 Å². The highest BCUT2D eigenvalue weighted by Gasteiger charge is 2.06. The molecule has 11 heavy (non-hydrogen) atoms. The number of aliphatic hydroxyl groups excluding tert-OH is 1. The summed E-state index contributed by atoms with van der Waals surface area (Å²) in [5, 5.41) is 8.88. The summed E-state index contributed by atoms with van der Waals surface area (Å²) in [7, 11) is 0. The summed E-state index contributed by atoms with van der Waals surface area (Å²) in [4.78, 5) is 0. The Labute approximate surface area is 68.3 Å². The first-order valence-electron chi connectivity index (χ1n) is 4.12. The van der Waals surface area contributed by atoms with Gasteiger partial charge < -0.3 is 14.6 Å². The van der Waals surface area contributed by atoms with E-state index in [0.717, 1.165) is 6.42 Å². The van der Waals surface area contributed by atoms with Crippen molar-refractivity contribution < 1.29 is 14.6 Å². The van der Waals surface area contributed by atoms with Gasteiger partial charge in [0.25, 0.3) is 0 Å². The topological polar surface area (TPSA) is 38.7 Å². The van der Waals surface area contributed by atoms with Gasteiger partial charge in [-0.1, -0.05) is 6.92 Å². The maximum absolute atomic E-state index is 8.88. The van der Waals surface area contributed by atoms with Crippen LogP contribution in [0.1, 0.15) is 27.2 Å². The average molecular weight is 162 g/mol. The zero-order chi connectivity index (χ0) is 8.69. The molecule has 0 amide bonds. The van der Waals surface area contributed by atoms with E-state index in [2.05, 4.69) is 0 Å². The molecule has 0 aliphatic heterocycles. The molecular weight excluding hydrogens is 144 g/mol. The van der Waals surface area contributed by atoms with Gasteiger partial charge in [0.1, 0.15) is 0 Å². The van der Waals surface area contributed by atoms with Gasteiger partial charge >= 0.3 is 0 Å². The van der Waals surface area contributed by atoms with Crippen molar-refractivity contribution in [3.63, 3.8) is 0 Å². The van der Waals surface area contributed by atoms with Crippen LogP contribution in [0, 0.1) is 0 Å². The molecule has 0 rings (SSSR count). The van der Waals surface area contributed by atoms with Crippen LogP contribution in [0.5, 0.6) is 0 Å². The molecule has 0 spiro atoms. The van der Waals surface area contributed by atoms with E-state index in [1.807, 2.05) is 13.8 Å². The van der Waals surface area contributed by atoms with Crippen LogP contribution in [0.25, 0.3) is 0 Å². The molecular formula is C8H18O3. The van der Waals surface area contributed by atoms with Crippen LogP contribution >= 0.6 is 0 Å². The SMILES string of the molecule is CCOC(CC)OCC(C)O. The van der Waals surface area contributed by atoms with Crippen LogP contribution in [0.2, 0.25) is 0 Å². The summed E-state index contributed by atoms with van der Waals surface area (Å²) in [5.41, 5.74) is 0. The molecule has 0 aromatic carbocycles. The highest BCUT2D eigenvalue weighted by atomic mass is 16.7. The lowest BCUT2D eigenvalue weighted by Gasteiger charge is -2.16. The van der Waals surface area contributed by atoms with E-state index in [-0.39, 0.29) is 6.29 Å². The first-order chi connectivity index (χ1) is 5.20. The van der Waals surface area contributed by atoms with Gasteiger partial charge in [0.05, 0.1) is 12.7 Å². The Morgan fingerprint density at radius 1 is 1.27 bits per heavy atom. The Balaban J connectivity index is 3.35. The lowest BCUT2D eigenvalue weighted by molar-refractivity contribution is -0.153. The maximum atomic E-state index is 8.88. The van der Waals surface area contributed by atoms with Crippen LogP contribution in [0.3, 0.4) is 0 Å². The van der Waals surface area contributed by atoms with Crippen molar-refractivity contribution in [2.75, 3.05) is 13.2 Å². The van der Waals surface area contributed by atoms with Crippen molar-refractivity contribution in [3.8, 4) is 0 Å². The third-order valence-electron chi connectivity index (χ3n) is 1.21. The smallest absolute Gasteiger partial charge is 0.157 e. The average Bonchev–Trinajstić information content (AvgIpc) is 1.97. The predicted molar refractivity (Wildman–Crippen MR) is 43.3 cm³/mol. The summed E-state index contributed by atoms with van der Waals surface area (Å²) in [6, 6.07) is 0. The normalized spacial score (nSPS) is 16.4. The van der Waals surface area contributed by atoms with Crippen LogP contribution in [0.15, 0.2) is 0 Å². The zero-order valence-corrected chi connectivity index (χ0v) is 7.54. The van der Waals surface area contributed by atoms with Crippen molar-refractivity contribution >= 4 is 0 Å². The minimum absolute atomic E-state index is 0.158. The van der Waals surface area contributed by atoms with Crippen molar-refractivity contribution in [2.24, 2.45) is 0 Å². The number of hydrogen-bond acceptors (Lipinski definition) is 3. The van der Waals surface area contributed by atoms with Gasteiger partial charge in [-0.3, -0.25) is 0 Å². The van der Waals surface area contributed by atoms with Crippen molar-refractivity contribution in [3.05, 3.63) is 0 Å². The first-order valence-corrected chi connectivity index (χ1v) is 4.12. The summed E-state index contributed by atoms with van der Waals surface area (Å²) in [5.74, 6) is 0. The van der Waals surface area contributed by atoms with E-state index in [4.69, 9.17) is 14.6 Å². The molecule has 2 atom stereocenters. The van der Waals surface area contributed by atoms with Gasteiger partial charge in [0.2, 0.25) is 0 Å². The van der Waals surface area contributed by atoms with Crippen molar-refractivity contribution in [1.29, 1.82) is 0 Å². The second kappa shape index (κ2) is 6.58. The van der Waals surface area contributed by atoms with Crippen molar-refractivity contribution in [2.45, 2.75) is 39.6 Å². The monoisotopic (exact) mass is 162 g/mol. The lowest BCUT2D eigenvalue weighted by Crippen LogP contribution is -2.21. The fourth-order valence-corrected chi connectivity index (χ4v) is 0.716. The van der Waals surface area contributed by atoms with Gasteiger partial charge in [0.15, 0.2) is 6.29 Å². The number of aliphatic hydroxyl groups is 1. The summed E-state index contributed by atoms with van der Waals surface area (Å²) < 4.78 is 10.4. The zero-order valence-electron chi connectivity index (χ0n) is 7.54. The highest BCUT2D eigenvalue weighted by molar-refractivity contribution is 4.44. The van der Waals surface area contributed by atoms with Crippen LogP contribution in [0.4, 0.5) is 0 Å². The van der Waals surface area contributed by atoms with Crippen LogP contribution in [-0.4, -0.2) is 30.7 Å². The standard InChI is InChI=1S/C8H18O3/c1-4-8(10-5-2)11-6-7(3)9/h7-9H,4-6H2,1-3H3. The Hall–Kier alpha value is -0.120. The van der Waals surface area contributed by atoms with Gasteiger partial charge in [-0.2, -0.15) is 0 Å². The Morgan fingerprint density at radius 2 is 1.91 bits per heavy atom. The molecule has 0 saturated heterocycles. The summed E-state index contributed by atoms with van der Waals surface area (Å²) >= 11 is 0. The second-order valence-corrected chi connectivity index (χ2v) is 2.48. The molecule has 0 heterocycles. The molecule has 0 saturated carbocycles. The molecule has 0 aliphatic rings. The third kappa shape index (κ3) is 6.28. The number of rotatable bonds is 6. The molecule has 3 nitrogen and oxygen atoms in total. The van der Waals surface area contributed by atoms with E-state index in [1.165, 1.54) is 0 Å². The Kier molecular flexibility index (Phi) is 6.51. The van der Waals surface area contributed by atoms with E-state index in [9.17, 15) is 0 Å². The van der Waals surface area contributed by atoms with Crippen LogP contribution in [-0.2, 0) is 9.47 Å². The molecule has 0 bridgehead atoms. The number of hydrogen-bond donors (Lipinski definition) is 1. The Morgan fingerprint density at radius 3 is 2.27 bits per heavy atom. The molecule has 0 fully saturated rings. The van der Waals surface area contributed by atoms with Gasteiger partial charge in [-0.15, -0.1) is 0 Å². The molecule has 68 valence electrons. The lowest BCUT2D eigenvalue weighted by atomic mass is 10.4. The molecule has 0 aromatic heterocycles. The first kappa shape index (κ1) is 10.9. The molecule has 0 radical (unpaired) electrons. The molecule has 3 heteroatoms. The van der Waals surface area contributed by atoms with E-state index in [0.29, 0.717) is 13.2 Å². The van der Waals surface area contributed by atoms with E-state index >= 15 is 0 Å². The van der Waals surface area contributed by atoms with Gasteiger partial charge in [0, 0.05) is 6.61 Å². The Bertz CT molecular complexity index is 83.4.